The van der Waals surface area contributed by atoms with Crippen LogP contribution in [0.25, 0.3) is 0 Å². The summed E-state index contributed by atoms with van der Waals surface area (Å²) in [5.41, 5.74) is 5.78. The van der Waals surface area contributed by atoms with Gasteiger partial charge in [0.25, 0.3) is 0 Å². The molecular weight excluding hydrogens is 172 g/mol. The molecule has 0 aromatic heterocycles. The summed E-state index contributed by atoms with van der Waals surface area (Å²) >= 11 is 0. The lowest BCUT2D eigenvalue weighted by molar-refractivity contribution is 0.240. The van der Waals surface area contributed by atoms with Crippen LogP contribution in [0.2, 0.25) is 0 Å². The van der Waals surface area contributed by atoms with Gasteiger partial charge in [-0.05, 0) is 51.2 Å². The molecule has 0 aromatic carbocycles. The van der Waals surface area contributed by atoms with E-state index in [1.165, 1.54) is 45.2 Å². The lowest BCUT2D eigenvalue weighted by Crippen LogP contribution is -2.31. The van der Waals surface area contributed by atoms with Crippen molar-refractivity contribution in [1.82, 2.24) is 4.90 Å². The first-order valence-electron chi connectivity index (χ1n) is 6.16. The van der Waals surface area contributed by atoms with Gasteiger partial charge in [-0.15, -0.1) is 0 Å². The molecule has 2 unspecified atom stereocenters. The highest BCUT2D eigenvalue weighted by Crippen LogP contribution is 2.31. The Hall–Kier alpha value is -0.0800. The summed E-state index contributed by atoms with van der Waals surface area (Å²) in [6, 6.07) is 0. The molecule has 2 atom stereocenters. The summed E-state index contributed by atoms with van der Waals surface area (Å²) < 4.78 is 0. The highest BCUT2D eigenvalue weighted by molar-refractivity contribution is 4.79. The summed E-state index contributed by atoms with van der Waals surface area (Å²) in [4.78, 5) is 2.49. The third kappa shape index (κ3) is 3.58. The molecule has 0 radical (unpaired) electrons. The van der Waals surface area contributed by atoms with Crippen LogP contribution in [-0.2, 0) is 0 Å². The van der Waals surface area contributed by atoms with Crippen molar-refractivity contribution < 1.29 is 0 Å². The molecule has 14 heavy (non-hydrogen) atoms. The number of hydrogen-bond donors (Lipinski definition) is 1. The standard InChI is InChI=1S/C12H26N2/c1-3-4-8-14(2)10-12-7-5-6-11(12)9-13/h11-12H,3-10,13H2,1-2H3. The predicted octanol–water partition coefficient (Wildman–Crippen LogP) is 2.09. The van der Waals surface area contributed by atoms with Gasteiger partial charge < -0.3 is 10.6 Å². The topological polar surface area (TPSA) is 29.3 Å². The van der Waals surface area contributed by atoms with Gasteiger partial charge in [0.2, 0.25) is 0 Å². The second-order valence-corrected chi connectivity index (χ2v) is 4.80. The molecule has 0 aliphatic heterocycles. The Kier molecular flexibility index (Phi) is 5.49. The van der Waals surface area contributed by atoms with Gasteiger partial charge in [0.15, 0.2) is 0 Å². The highest BCUT2D eigenvalue weighted by Gasteiger charge is 2.26. The van der Waals surface area contributed by atoms with Crippen LogP contribution in [0, 0.1) is 11.8 Å². The van der Waals surface area contributed by atoms with E-state index in [1.807, 2.05) is 0 Å². The minimum absolute atomic E-state index is 0.805. The zero-order chi connectivity index (χ0) is 10.4. The summed E-state index contributed by atoms with van der Waals surface area (Å²) in [6.45, 7) is 5.67. The van der Waals surface area contributed by atoms with Crippen molar-refractivity contribution in [3.05, 3.63) is 0 Å². The molecule has 0 spiro atoms. The van der Waals surface area contributed by atoms with Crippen molar-refractivity contribution in [2.45, 2.75) is 39.0 Å². The molecule has 1 fully saturated rings. The minimum atomic E-state index is 0.805. The molecule has 84 valence electrons. The first-order valence-corrected chi connectivity index (χ1v) is 6.16. The van der Waals surface area contributed by atoms with Crippen LogP contribution < -0.4 is 5.73 Å². The molecule has 2 N–H and O–H groups in total. The molecule has 0 amide bonds. The van der Waals surface area contributed by atoms with E-state index in [4.69, 9.17) is 5.73 Å². The fourth-order valence-electron chi connectivity index (χ4n) is 2.58. The number of rotatable bonds is 6. The summed E-state index contributed by atoms with van der Waals surface area (Å²) in [5, 5.41) is 0. The Bertz CT molecular complexity index is 147. The van der Waals surface area contributed by atoms with E-state index in [9.17, 15) is 0 Å². The number of nitrogens with zero attached hydrogens (tertiary/aromatic N) is 1. The van der Waals surface area contributed by atoms with Crippen LogP contribution >= 0.6 is 0 Å². The Morgan fingerprint density at radius 1 is 1.29 bits per heavy atom. The van der Waals surface area contributed by atoms with Gasteiger partial charge in [0, 0.05) is 6.54 Å². The summed E-state index contributed by atoms with van der Waals surface area (Å²) in [6.07, 6.45) is 6.79. The molecule has 0 bridgehead atoms. The molecule has 0 aromatic rings. The van der Waals surface area contributed by atoms with Gasteiger partial charge in [-0.1, -0.05) is 19.8 Å². The summed E-state index contributed by atoms with van der Waals surface area (Å²) in [7, 11) is 2.25. The van der Waals surface area contributed by atoms with E-state index < -0.39 is 0 Å². The Morgan fingerprint density at radius 3 is 2.64 bits per heavy atom. The van der Waals surface area contributed by atoms with Gasteiger partial charge in [-0.25, -0.2) is 0 Å². The van der Waals surface area contributed by atoms with E-state index >= 15 is 0 Å². The van der Waals surface area contributed by atoms with E-state index in [-0.39, 0.29) is 0 Å². The quantitative estimate of drug-likeness (QED) is 0.708. The maximum Gasteiger partial charge on any atom is 0.000973 e. The van der Waals surface area contributed by atoms with Crippen molar-refractivity contribution >= 4 is 0 Å². The second-order valence-electron chi connectivity index (χ2n) is 4.80. The van der Waals surface area contributed by atoms with Gasteiger partial charge in [-0.2, -0.15) is 0 Å². The van der Waals surface area contributed by atoms with E-state index in [2.05, 4.69) is 18.9 Å². The van der Waals surface area contributed by atoms with Crippen LogP contribution in [-0.4, -0.2) is 31.6 Å². The first kappa shape index (κ1) is 12.0. The van der Waals surface area contributed by atoms with Gasteiger partial charge in [-0.3, -0.25) is 0 Å². The van der Waals surface area contributed by atoms with Crippen molar-refractivity contribution in [1.29, 1.82) is 0 Å². The molecule has 1 aliphatic carbocycles. The Morgan fingerprint density at radius 2 is 2.00 bits per heavy atom. The summed E-state index contributed by atoms with van der Waals surface area (Å²) in [5.74, 6) is 1.68. The van der Waals surface area contributed by atoms with Crippen molar-refractivity contribution in [3.63, 3.8) is 0 Å². The van der Waals surface area contributed by atoms with Gasteiger partial charge >= 0.3 is 0 Å². The Balaban J connectivity index is 2.21. The van der Waals surface area contributed by atoms with E-state index in [0.717, 1.165) is 18.4 Å². The van der Waals surface area contributed by atoms with Crippen LogP contribution in [0.5, 0.6) is 0 Å². The fourth-order valence-corrected chi connectivity index (χ4v) is 2.58. The molecule has 0 saturated heterocycles. The zero-order valence-electron chi connectivity index (χ0n) is 9.84. The molecule has 1 rings (SSSR count). The minimum Gasteiger partial charge on any atom is -0.330 e. The van der Waals surface area contributed by atoms with Crippen LogP contribution in [0.1, 0.15) is 39.0 Å². The molecule has 1 aliphatic rings. The number of unbranched alkanes of at least 4 members (excludes halogenated alkanes) is 1. The average molecular weight is 198 g/mol. The maximum absolute atomic E-state index is 5.78. The zero-order valence-corrected chi connectivity index (χ0v) is 9.84. The van der Waals surface area contributed by atoms with Gasteiger partial charge in [0.05, 0.1) is 0 Å². The Labute approximate surface area is 88.8 Å². The monoisotopic (exact) mass is 198 g/mol. The predicted molar refractivity (Wildman–Crippen MR) is 62.3 cm³/mol. The molecule has 2 nitrogen and oxygen atoms in total. The first-order chi connectivity index (χ1) is 6.77. The highest BCUT2D eigenvalue weighted by atomic mass is 15.1. The number of nitrogens with two attached hydrogens (primary N) is 1. The second kappa shape index (κ2) is 6.41. The SMILES string of the molecule is CCCCN(C)CC1CCCC1CN. The largest absolute Gasteiger partial charge is 0.330 e. The molecule has 2 heteroatoms. The number of hydrogen-bond acceptors (Lipinski definition) is 2. The van der Waals surface area contributed by atoms with Gasteiger partial charge in [0.1, 0.15) is 0 Å². The smallest absolute Gasteiger partial charge is 0.000973 e. The normalized spacial score (nSPS) is 27.4. The van der Waals surface area contributed by atoms with Crippen molar-refractivity contribution in [2.24, 2.45) is 17.6 Å². The fraction of sp³-hybridized carbons (Fsp3) is 1.00. The van der Waals surface area contributed by atoms with Crippen molar-refractivity contribution in [2.75, 3.05) is 26.7 Å². The maximum atomic E-state index is 5.78. The van der Waals surface area contributed by atoms with Crippen LogP contribution in [0.15, 0.2) is 0 Å². The third-order valence-electron chi connectivity index (χ3n) is 3.56. The van der Waals surface area contributed by atoms with Crippen molar-refractivity contribution in [3.8, 4) is 0 Å². The third-order valence-corrected chi connectivity index (χ3v) is 3.56. The average Bonchev–Trinajstić information content (AvgIpc) is 2.62. The molecule has 0 heterocycles. The molecule has 1 saturated carbocycles. The van der Waals surface area contributed by atoms with E-state index in [0.29, 0.717) is 0 Å². The van der Waals surface area contributed by atoms with E-state index in [1.54, 1.807) is 0 Å². The lowest BCUT2D eigenvalue weighted by Gasteiger charge is -2.24. The molecular formula is C12H26N2. The van der Waals surface area contributed by atoms with Crippen LogP contribution in [0.4, 0.5) is 0 Å². The van der Waals surface area contributed by atoms with Crippen LogP contribution in [0.3, 0.4) is 0 Å². The lowest BCUT2D eigenvalue weighted by atomic mass is 9.96.